The maximum atomic E-state index is 12.5. The second-order valence-corrected chi connectivity index (χ2v) is 5.84. The Kier molecular flexibility index (Phi) is 4.83. The van der Waals surface area contributed by atoms with E-state index in [1.807, 2.05) is 25.1 Å². The molecule has 0 radical (unpaired) electrons. The van der Waals surface area contributed by atoms with E-state index in [9.17, 15) is 15.0 Å². The van der Waals surface area contributed by atoms with Gasteiger partial charge in [-0.25, -0.2) is 0 Å². The van der Waals surface area contributed by atoms with Gasteiger partial charge in [0.1, 0.15) is 5.75 Å². The van der Waals surface area contributed by atoms with Crippen molar-refractivity contribution in [2.24, 2.45) is 0 Å². The van der Waals surface area contributed by atoms with Crippen molar-refractivity contribution in [3.63, 3.8) is 0 Å². The Morgan fingerprint density at radius 1 is 1.29 bits per heavy atom. The molecule has 1 amide bonds. The Hall–Kier alpha value is -2.37. The van der Waals surface area contributed by atoms with Gasteiger partial charge in [0.15, 0.2) is 0 Å². The fourth-order valence-electron chi connectivity index (χ4n) is 3.11. The number of nitrogens with one attached hydrogen (secondary N) is 1. The van der Waals surface area contributed by atoms with Crippen molar-refractivity contribution >= 4 is 5.91 Å². The summed E-state index contributed by atoms with van der Waals surface area (Å²) in [6.45, 7) is 2.27. The Bertz CT molecular complexity index is 744. The summed E-state index contributed by atoms with van der Waals surface area (Å²) in [5.41, 5.74) is 2.80. The average Bonchev–Trinajstić information content (AvgIpc) is 2.91. The molecule has 3 rings (SSSR count). The van der Waals surface area contributed by atoms with Crippen molar-refractivity contribution in [3.8, 4) is 5.75 Å². The molecule has 0 unspecified atom stereocenters. The van der Waals surface area contributed by atoms with Crippen molar-refractivity contribution < 1.29 is 19.7 Å². The van der Waals surface area contributed by atoms with Gasteiger partial charge in [0, 0.05) is 5.56 Å². The lowest BCUT2D eigenvalue weighted by Crippen LogP contribution is -2.38. The van der Waals surface area contributed by atoms with Crippen molar-refractivity contribution in [3.05, 3.63) is 64.7 Å². The Morgan fingerprint density at radius 3 is 2.83 bits per heavy atom. The quantitative estimate of drug-likeness (QED) is 0.784. The molecule has 3 N–H and O–H groups in total. The number of fused-ring (bicyclic) bond motifs is 1. The number of hydrogen-bond acceptors (Lipinski definition) is 4. The lowest BCUT2D eigenvalue weighted by Gasteiger charge is -2.18. The molecule has 5 nitrogen and oxygen atoms in total. The summed E-state index contributed by atoms with van der Waals surface area (Å²) in [5, 5.41) is 22.8. The molecular weight excluding hydrogens is 306 g/mol. The van der Waals surface area contributed by atoms with Gasteiger partial charge in [0.25, 0.3) is 5.91 Å². The number of carbonyl (C=O) groups excluding carboxylic acids is 1. The summed E-state index contributed by atoms with van der Waals surface area (Å²) in [6.07, 6.45) is -0.207. The first-order valence-corrected chi connectivity index (χ1v) is 8.07. The summed E-state index contributed by atoms with van der Waals surface area (Å²) >= 11 is 0. The summed E-state index contributed by atoms with van der Waals surface area (Å²) in [5.74, 6) is 0.425. The van der Waals surface area contributed by atoms with Gasteiger partial charge in [-0.3, -0.25) is 4.79 Å². The van der Waals surface area contributed by atoms with E-state index in [0.717, 1.165) is 11.1 Å². The van der Waals surface area contributed by atoms with Gasteiger partial charge in [0.05, 0.1) is 25.4 Å². The minimum absolute atomic E-state index is 0.200. The van der Waals surface area contributed by atoms with Gasteiger partial charge in [-0.1, -0.05) is 24.3 Å². The number of carbonyl (C=O) groups is 1. The van der Waals surface area contributed by atoms with Crippen LogP contribution < -0.4 is 10.1 Å². The molecule has 5 heteroatoms. The van der Waals surface area contributed by atoms with E-state index in [0.29, 0.717) is 29.9 Å². The third-order valence-electron chi connectivity index (χ3n) is 4.32. The summed E-state index contributed by atoms with van der Waals surface area (Å²) in [7, 11) is 0. The third-order valence-corrected chi connectivity index (χ3v) is 4.32. The molecule has 0 fully saturated rings. The first kappa shape index (κ1) is 16.5. The Morgan fingerprint density at radius 2 is 2.08 bits per heavy atom. The molecule has 0 saturated carbocycles. The maximum absolute atomic E-state index is 12.5. The zero-order valence-corrected chi connectivity index (χ0v) is 13.5. The minimum Gasteiger partial charge on any atom is -0.494 e. The molecule has 0 saturated heterocycles. The van der Waals surface area contributed by atoms with E-state index in [-0.39, 0.29) is 12.5 Å². The largest absolute Gasteiger partial charge is 0.494 e. The average molecular weight is 327 g/mol. The fraction of sp³-hybridized carbons (Fsp3) is 0.316. The molecule has 126 valence electrons. The van der Waals surface area contributed by atoms with Crippen molar-refractivity contribution in [2.45, 2.75) is 32.1 Å². The molecule has 24 heavy (non-hydrogen) atoms. The van der Waals surface area contributed by atoms with Crippen molar-refractivity contribution in [1.82, 2.24) is 5.32 Å². The topological polar surface area (TPSA) is 78.8 Å². The molecule has 2 atom stereocenters. The van der Waals surface area contributed by atoms with Gasteiger partial charge in [-0.2, -0.15) is 0 Å². The molecule has 0 aromatic heterocycles. The number of aliphatic hydroxyl groups excluding tert-OH is 2. The molecule has 2 aromatic carbocycles. The summed E-state index contributed by atoms with van der Waals surface area (Å²) < 4.78 is 5.47. The molecule has 0 spiro atoms. The smallest absolute Gasteiger partial charge is 0.251 e. The van der Waals surface area contributed by atoms with E-state index >= 15 is 0 Å². The number of benzene rings is 2. The number of aliphatic hydroxyl groups is 2. The zero-order valence-electron chi connectivity index (χ0n) is 13.5. The van der Waals surface area contributed by atoms with Crippen LogP contribution in [-0.2, 0) is 13.0 Å². The Labute approximate surface area is 140 Å². The van der Waals surface area contributed by atoms with E-state index in [1.54, 1.807) is 24.3 Å². The van der Waals surface area contributed by atoms with Gasteiger partial charge >= 0.3 is 0 Å². The highest BCUT2D eigenvalue weighted by Crippen LogP contribution is 2.34. The molecule has 0 bridgehead atoms. The normalized spacial score (nSPS) is 19.0. The molecule has 0 aliphatic heterocycles. The van der Waals surface area contributed by atoms with Gasteiger partial charge in [-0.15, -0.1) is 0 Å². The first-order valence-electron chi connectivity index (χ1n) is 8.07. The van der Waals surface area contributed by atoms with Crippen LogP contribution in [0, 0.1) is 0 Å². The lowest BCUT2D eigenvalue weighted by atomic mass is 10.1. The maximum Gasteiger partial charge on any atom is 0.251 e. The fourth-order valence-corrected chi connectivity index (χ4v) is 3.11. The highest BCUT2D eigenvalue weighted by molar-refractivity contribution is 5.96. The van der Waals surface area contributed by atoms with Crippen LogP contribution in [0.15, 0.2) is 42.5 Å². The monoisotopic (exact) mass is 327 g/mol. The highest BCUT2D eigenvalue weighted by atomic mass is 16.5. The molecule has 0 heterocycles. The van der Waals surface area contributed by atoms with Crippen LogP contribution in [0.2, 0.25) is 0 Å². The highest BCUT2D eigenvalue weighted by Gasteiger charge is 2.32. The third kappa shape index (κ3) is 3.13. The second kappa shape index (κ2) is 7.03. The van der Waals surface area contributed by atoms with Crippen LogP contribution in [0.5, 0.6) is 5.75 Å². The standard InChI is InChI=1S/C19H21NO4/c1-2-24-14-8-7-12-9-17(18(22)16(12)10-14)20-19(23)15-6-4-3-5-13(15)11-21/h3-8,10,17-18,21-22H,2,9,11H2,1H3,(H,20,23)/t17-,18-/m0/s1. The van der Waals surface area contributed by atoms with Crippen LogP contribution in [0.25, 0.3) is 0 Å². The second-order valence-electron chi connectivity index (χ2n) is 5.84. The van der Waals surface area contributed by atoms with Crippen LogP contribution in [0.4, 0.5) is 0 Å². The van der Waals surface area contributed by atoms with Crippen LogP contribution in [0.3, 0.4) is 0 Å². The first-order chi connectivity index (χ1) is 11.6. The molecule has 1 aliphatic carbocycles. The van der Waals surface area contributed by atoms with E-state index in [2.05, 4.69) is 5.32 Å². The van der Waals surface area contributed by atoms with Crippen LogP contribution in [-0.4, -0.2) is 28.8 Å². The predicted octanol–water partition coefficient (Wildman–Crippen LogP) is 1.97. The minimum atomic E-state index is -0.773. The van der Waals surface area contributed by atoms with E-state index in [4.69, 9.17) is 4.74 Å². The van der Waals surface area contributed by atoms with Crippen LogP contribution >= 0.6 is 0 Å². The van der Waals surface area contributed by atoms with E-state index in [1.165, 1.54) is 0 Å². The summed E-state index contributed by atoms with van der Waals surface area (Å²) in [6, 6.07) is 12.1. The van der Waals surface area contributed by atoms with E-state index < -0.39 is 12.1 Å². The van der Waals surface area contributed by atoms with Crippen molar-refractivity contribution in [1.29, 1.82) is 0 Å². The number of hydrogen-bond donors (Lipinski definition) is 3. The van der Waals surface area contributed by atoms with Crippen LogP contribution in [0.1, 0.15) is 40.1 Å². The zero-order chi connectivity index (χ0) is 17.1. The predicted molar refractivity (Wildman–Crippen MR) is 89.9 cm³/mol. The Balaban J connectivity index is 1.76. The number of amides is 1. The number of ether oxygens (including phenoxy) is 1. The number of rotatable bonds is 5. The lowest BCUT2D eigenvalue weighted by molar-refractivity contribution is 0.0855. The van der Waals surface area contributed by atoms with Gasteiger partial charge in [-0.05, 0) is 48.2 Å². The summed E-state index contributed by atoms with van der Waals surface area (Å²) in [4.78, 5) is 12.5. The SMILES string of the molecule is CCOc1ccc2c(c1)[C@H](O)[C@@H](NC(=O)c1ccccc1CO)C2. The molecule has 2 aromatic rings. The van der Waals surface area contributed by atoms with Gasteiger partial charge in [0.2, 0.25) is 0 Å². The molecule has 1 aliphatic rings. The van der Waals surface area contributed by atoms with Gasteiger partial charge < -0.3 is 20.3 Å². The van der Waals surface area contributed by atoms with Crippen molar-refractivity contribution in [2.75, 3.05) is 6.61 Å². The molecular formula is C19H21NO4.